The maximum Gasteiger partial charge on any atom is 0.252 e. The van der Waals surface area contributed by atoms with Gasteiger partial charge in [-0.3, -0.25) is 4.79 Å². The molecule has 0 fully saturated rings. The number of nitrogens with zero attached hydrogens (tertiary/aromatic N) is 1. The summed E-state index contributed by atoms with van der Waals surface area (Å²) in [6, 6.07) is 1.66. The first-order valence-electron chi connectivity index (χ1n) is 6.79. The van der Waals surface area contributed by atoms with Gasteiger partial charge < -0.3 is 10.6 Å². The van der Waals surface area contributed by atoms with E-state index in [1.165, 1.54) is 24.8 Å². The Kier molecular flexibility index (Phi) is 8.46. The second kappa shape index (κ2) is 9.88. The fourth-order valence-corrected chi connectivity index (χ4v) is 2.45. The minimum absolute atomic E-state index is 0.141. The Morgan fingerprint density at radius 2 is 2.10 bits per heavy atom. The Labute approximate surface area is 130 Å². The lowest BCUT2D eigenvalue weighted by atomic mass is 10.2. The predicted octanol–water partition coefficient (Wildman–Crippen LogP) is 3.43. The van der Waals surface area contributed by atoms with Gasteiger partial charge in [-0.15, -0.1) is 0 Å². The molecule has 0 bridgehead atoms. The van der Waals surface area contributed by atoms with Gasteiger partial charge in [0.05, 0.1) is 10.6 Å². The average Bonchev–Trinajstić information content (AvgIpc) is 2.46. The van der Waals surface area contributed by atoms with Crippen molar-refractivity contribution in [2.45, 2.75) is 25.7 Å². The molecule has 1 aromatic rings. The molecule has 6 heteroatoms. The van der Waals surface area contributed by atoms with Crippen LogP contribution in [0.2, 0.25) is 5.02 Å². The molecule has 20 heavy (non-hydrogen) atoms. The highest BCUT2D eigenvalue weighted by Gasteiger charge is 2.11. The number of carbonyl (C=O) groups excluding carboxylic acids is 1. The van der Waals surface area contributed by atoms with E-state index in [0.717, 1.165) is 12.8 Å². The molecule has 0 saturated carbocycles. The Bertz CT molecular complexity index is 429. The quantitative estimate of drug-likeness (QED) is 0.686. The van der Waals surface area contributed by atoms with Gasteiger partial charge in [0.15, 0.2) is 0 Å². The lowest BCUT2D eigenvalue weighted by Gasteiger charge is -2.08. The predicted molar refractivity (Wildman–Crippen MR) is 88.0 cm³/mol. The number of amides is 1. The van der Waals surface area contributed by atoms with Gasteiger partial charge in [-0.05, 0) is 30.9 Å². The molecule has 0 radical (unpaired) electrons. The largest absolute Gasteiger partial charge is 0.373 e. The van der Waals surface area contributed by atoms with E-state index < -0.39 is 0 Å². The second-order valence-corrected chi connectivity index (χ2v) is 5.86. The summed E-state index contributed by atoms with van der Waals surface area (Å²) < 4.78 is 0. The number of pyridine rings is 1. The van der Waals surface area contributed by atoms with Crippen LogP contribution in [0, 0.1) is 0 Å². The number of thioether (sulfide) groups is 1. The molecule has 112 valence electrons. The lowest BCUT2D eigenvalue weighted by Crippen LogP contribution is -2.25. The first-order chi connectivity index (χ1) is 9.69. The zero-order valence-corrected chi connectivity index (χ0v) is 13.6. The van der Waals surface area contributed by atoms with Gasteiger partial charge in [0.25, 0.3) is 5.91 Å². The normalized spacial score (nSPS) is 10.3. The number of nitrogens with one attached hydrogen (secondary N) is 2. The van der Waals surface area contributed by atoms with Gasteiger partial charge in [-0.1, -0.05) is 24.4 Å². The molecular weight excluding hydrogens is 294 g/mol. The van der Waals surface area contributed by atoms with Crippen molar-refractivity contribution in [1.82, 2.24) is 10.3 Å². The minimum atomic E-state index is -0.141. The van der Waals surface area contributed by atoms with Crippen LogP contribution in [-0.2, 0) is 0 Å². The second-order valence-electron chi connectivity index (χ2n) is 4.46. The van der Waals surface area contributed by atoms with Gasteiger partial charge in [0.2, 0.25) is 0 Å². The molecule has 1 amide bonds. The van der Waals surface area contributed by atoms with Crippen molar-refractivity contribution in [3.8, 4) is 0 Å². The number of aromatic nitrogens is 1. The van der Waals surface area contributed by atoms with Crippen LogP contribution in [0.25, 0.3) is 0 Å². The van der Waals surface area contributed by atoms with Crippen molar-refractivity contribution in [1.29, 1.82) is 0 Å². The standard InChI is InChI=1S/C14H22ClN3OS/c1-16-13-9-11(12(15)10-18-13)14(19)17-7-5-3-4-6-8-20-2/h9-10H,3-8H2,1-2H3,(H,16,18)(H,17,19). The van der Waals surface area contributed by atoms with Gasteiger partial charge in [0, 0.05) is 19.8 Å². The average molecular weight is 316 g/mol. The molecule has 0 aliphatic rings. The number of unbranched alkanes of at least 4 members (excludes halogenated alkanes) is 3. The van der Waals surface area contributed by atoms with Crippen LogP contribution in [0.15, 0.2) is 12.3 Å². The lowest BCUT2D eigenvalue weighted by molar-refractivity contribution is 0.0953. The molecule has 4 nitrogen and oxygen atoms in total. The topological polar surface area (TPSA) is 54.0 Å². The number of halogens is 1. The van der Waals surface area contributed by atoms with Crippen LogP contribution in [0.4, 0.5) is 5.82 Å². The fraction of sp³-hybridized carbons (Fsp3) is 0.571. The van der Waals surface area contributed by atoms with Gasteiger partial charge >= 0.3 is 0 Å². The summed E-state index contributed by atoms with van der Waals surface area (Å²) in [6.45, 7) is 0.686. The number of hydrogen-bond donors (Lipinski definition) is 2. The van der Waals surface area contributed by atoms with E-state index in [4.69, 9.17) is 11.6 Å². The van der Waals surface area contributed by atoms with E-state index in [2.05, 4.69) is 21.9 Å². The van der Waals surface area contributed by atoms with E-state index in [0.29, 0.717) is 22.9 Å². The summed E-state index contributed by atoms with van der Waals surface area (Å²) >= 11 is 7.87. The Balaban J connectivity index is 2.32. The molecule has 1 rings (SSSR count). The fourth-order valence-electron chi connectivity index (χ4n) is 1.77. The number of carbonyl (C=O) groups is 1. The molecule has 0 atom stereocenters. The van der Waals surface area contributed by atoms with Crippen molar-refractivity contribution < 1.29 is 4.79 Å². The van der Waals surface area contributed by atoms with E-state index in [-0.39, 0.29) is 5.91 Å². The van der Waals surface area contributed by atoms with E-state index in [9.17, 15) is 4.79 Å². The number of rotatable bonds is 9. The highest BCUT2D eigenvalue weighted by Crippen LogP contribution is 2.17. The summed E-state index contributed by atoms with van der Waals surface area (Å²) in [7, 11) is 1.76. The third-order valence-electron chi connectivity index (χ3n) is 2.92. The van der Waals surface area contributed by atoms with Crippen LogP contribution < -0.4 is 10.6 Å². The molecule has 0 saturated heterocycles. The molecule has 2 N–H and O–H groups in total. The summed E-state index contributed by atoms with van der Waals surface area (Å²) in [4.78, 5) is 16.1. The zero-order chi connectivity index (χ0) is 14.8. The van der Waals surface area contributed by atoms with E-state index in [1.807, 2.05) is 11.8 Å². The zero-order valence-electron chi connectivity index (χ0n) is 12.0. The van der Waals surface area contributed by atoms with Crippen LogP contribution in [0.5, 0.6) is 0 Å². The summed E-state index contributed by atoms with van der Waals surface area (Å²) in [5.41, 5.74) is 0.466. The Morgan fingerprint density at radius 1 is 1.35 bits per heavy atom. The molecule has 1 aromatic heterocycles. The third-order valence-corrected chi connectivity index (χ3v) is 3.92. The van der Waals surface area contributed by atoms with Crippen molar-refractivity contribution in [2.24, 2.45) is 0 Å². The molecule has 0 spiro atoms. The summed E-state index contributed by atoms with van der Waals surface area (Å²) in [5, 5.41) is 6.17. The van der Waals surface area contributed by atoms with Crippen molar-refractivity contribution in [3.63, 3.8) is 0 Å². The van der Waals surface area contributed by atoms with Gasteiger partial charge in [0.1, 0.15) is 5.82 Å². The van der Waals surface area contributed by atoms with Crippen LogP contribution in [-0.4, -0.2) is 36.5 Å². The molecule has 0 unspecified atom stereocenters. The maximum absolute atomic E-state index is 12.0. The maximum atomic E-state index is 12.0. The first kappa shape index (κ1) is 17.1. The molecule has 0 aliphatic carbocycles. The SMILES string of the molecule is CNc1cc(C(=O)NCCCCCCSC)c(Cl)cn1. The van der Waals surface area contributed by atoms with Crippen LogP contribution in [0.3, 0.4) is 0 Å². The van der Waals surface area contributed by atoms with Gasteiger partial charge in [-0.2, -0.15) is 11.8 Å². The highest BCUT2D eigenvalue weighted by molar-refractivity contribution is 7.98. The highest BCUT2D eigenvalue weighted by atomic mass is 35.5. The Hall–Kier alpha value is -0.940. The van der Waals surface area contributed by atoms with Crippen molar-refractivity contribution >= 4 is 35.1 Å². The summed E-state index contributed by atoms with van der Waals surface area (Å²) in [6.07, 6.45) is 8.23. The minimum Gasteiger partial charge on any atom is -0.373 e. The molecular formula is C14H22ClN3OS. The van der Waals surface area contributed by atoms with E-state index in [1.54, 1.807) is 13.1 Å². The van der Waals surface area contributed by atoms with Gasteiger partial charge in [-0.25, -0.2) is 4.98 Å². The van der Waals surface area contributed by atoms with Crippen molar-refractivity contribution in [3.05, 3.63) is 22.8 Å². The smallest absolute Gasteiger partial charge is 0.252 e. The number of hydrogen-bond acceptors (Lipinski definition) is 4. The molecule has 1 heterocycles. The summed E-state index contributed by atoms with van der Waals surface area (Å²) in [5.74, 6) is 1.71. The molecule has 0 aromatic carbocycles. The molecule has 0 aliphatic heterocycles. The third kappa shape index (κ3) is 6.01. The monoisotopic (exact) mass is 315 g/mol. The van der Waals surface area contributed by atoms with Crippen LogP contribution >= 0.6 is 23.4 Å². The Morgan fingerprint density at radius 3 is 2.80 bits per heavy atom. The van der Waals surface area contributed by atoms with Crippen molar-refractivity contribution in [2.75, 3.05) is 30.9 Å². The van der Waals surface area contributed by atoms with Crippen LogP contribution in [0.1, 0.15) is 36.0 Å². The van der Waals surface area contributed by atoms with E-state index >= 15 is 0 Å². The first-order valence-corrected chi connectivity index (χ1v) is 8.56. The number of anilines is 1.